The number of hydrogen-bond donors (Lipinski definition) is 1. The van der Waals surface area contributed by atoms with Crippen LogP contribution in [-0.2, 0) is 4.74 Å². The van der Waals surface area contributed by atoms with Gasteiger partial charge in [0.05, 0.1) is 6.33 Å². The van der Waals surface area contributed by atoms with Crippen molar-refractivity contribution in [2.75, 3.05) is 0 Å². The largest absolute Gasteiger partial charge is 0.444 e. The van der Waals surface area contributed by atoms with E-state index in [0.29, 0.717) is 12.8 Å². The van der Waals surface area contributed by atoms with E-state index in [0.717, 1.165) is 17.4 Å². The molecule has 2 aromatic heterocycles. The van der Waals surface area contributed by atoms with Gasteiger partial charge in [-0.1, -0.05) is 0 Å². The van der Waals surface area contributed by atoms with Crippen LogP contribution in [0.3, 0.4) is 0 Å². The minimum Gasteiger partial charge on any atom is -0.444 e. The number of nitrogens with zero attached hydrogens (tertiary/aromatic N) is 5. The number of ether oxygens (including phenoxy) is 1. The highest BCUT2D eigenvalue weighted by Gasteiger charge is 2.45. The van der Waals surface area contributed by atoms with Crippen molar-refractivity contribution in [2.45, 2.75) is 70.2 Å². The first-order chi connectivity index (χ1) is 13.2. The maximum atomic E-state index is 12.6. The highest BCUT2D eigenvalue weighted by molar-refractivity contribution is 5.71. The van der Waals surface area contributed by atoms with Gasteiger partial charge < -0.3 is 14.2 Å². The second-order valence-corrected chi connectivity index (χ2v) is 8.42. The summed E-state index contributed by atoms with van der Waals surface area (Å²) in [7, 11) is 0. The summed E-state index contributed by atoms with van der Waals surface area (Å²) in [5, 5.41) is 9.37. The maximum absolute atomic E-state index is 12.6. The van der Waals surface area contributed by atoms with Gasteiger partial charge >= 0.3 is 11.8 Å². The van der Waals surface area contributed by atoms with E-state index in [1.165, 1.54) is 6.33 Å². The molecule has 2 saturated heterocycles. The molecule has 0 radical (unpaired) electrons. The molecular weight excluding hydrogens is 364 g/mol. The van der Waals surface area contributed by atoms with Crippen LogP contribution >= 0.6 is 0 Å². The van der Waals surface area contributed by atoms with Gasteiger partial charge in [-0.15, -0.1) is 0 Å². The Kier molecular flexibility index (Phi) is 4.06. The summed E-state index contributed by atoms with van der Waals surface area (Å²) in [5.74, 6) is 0. The molecular formula is C18H22N6O4. The van der Waals surface area contributed by atoms with Crippen LogP contribution in [0.25, 0.3) is 11.2 Å². The first-order valence-corrected chi connectivity index (χ1v) is 9.33. The molecule has 0 spiro atoms. The minimum absolute atomic E-state index is 0.0142. The average Bonchev–Trinajstić information content (AvgIpc) is 3.13. The summed E-state index contributed by atoms with van der Waals surface area (Å²) in [6.07, 6.45) is 6.05. The molecule has 4 heterocycles. The van der Waals surface area contributed by atoms with E-state index in [9.17, 15) is 19.6 Å². The van der Waals surface area contributed by atoms with E-state index in [2.05, 4.69) is 9.97 Å². The molecule has 0 saturated carbocycles. The lowest BCUT2D eigenvalue weighted by atomic mass is 9.97. The van der Waals surface area contributed by atoms with Crippen LogP contribution in [-0.4, -0.2) is 47.8 Å². The highest BCUT2D eigenvalue weighted by Crippen LogP contribution is 2.42. The SMILES string of the molecule is CC(C)(C)OC(=O)N1C2CCC1CC(n1cnc3c(=O)[nH]c(=O)n(C#N)c31)C2. The Morgan fingerprint density at radius 2 is 1.89 bits per heavy atom. The van der Waals surface area contributed by atoms with Crippen molar-refractivity contribution in [2.24, 2.45) is 0 Å². The van der Waals surface area contributed by atoms with E-state index in [1.54, 1.807) is 4.57 Å². The lowest BCUT2D eigenvalue weighted by molar-refractivity contribution is 0.00311. The predicted molar refractivity (Wildman–Crippen MR) is 98.8 cm³/mol. The summed E-state index contributed by atoms with van der Waals surface area (Å²) < 4.78 is 8.14. The third kappa shape index (κ3) is 2.87. The summed E-state index contributed by atoms with van der Waals surface area (Å²) in [5.41, 5.74) is -1.69. The lowest BCUT2D eigenvalue weighted by Gasteiger charge is -2.39. The van der Waals surface area contributed by atoms with Crippen LogP contribution in [0, 0.1) is 11.5 Å². The van der Waals surface area contributed by atoms with Crippen molar-refractivity contribution >= 4 is 17.3 Å². The van der Waals surface area contributed by atoms with Crippen LogP contribution < -0.4 is 11.2 Å². The van der Waals surface area contributed by atoms with Gasteiger partial charge in [0.2, 0.25) is 0 Å². The van der Waals surface area contributed by atoms with Gasteiger partial charge in [0.25, 0.3) is 5.56 Å². The topological polar surface area (TPSA) is 126 Å². The molecule has 28 heavy (non-hydrogen) atoms. The molecule has 2 fully saturated rings. The fraction of sp³-hybridized carbons (Fsp3) is 0.611. The Bertz CT molecular complexity index is 1080. The van der Waals surface area contributed by atoms with Gasteiger partial charge in [0, 0.05) is 18.1 Å². The van der Waals surface area contributed by atoms with Gasteiger partial charge in [-0.2, -0.15) is 9.83 Å². The van der Waals surface area contributed by atoms with Crippen molar-refractivity contribution in [3.63, 3.8) is 0 Å². The van der Waals surface area contributed by atoms with Crippen molar-refractivity contribution in [3.8, 4) is 6.19 Å². The predicted octanol–water partition coefficient (Wildman–Crippen LogP) is 1.32. The minimum atomic E-state index is -0.782. The smallest absolute Gasteiger partial charge is 0.410 e. The number of hydrogen-bond acceptors (Lipinski definition) is 6. The zero-order valence-electron chi connectivity index (χ0n) is 16.0. The highest BCUT2D eigenvalue weighted by atomic mass is 16.6. The molecule has 4 rings (SSSR count). The average molecular weight is 386 g/mol. The number of carbonyl (C=O) groups is 1. The third-order valence-corrected chi connectivity index (χ3v) is 5.42. The maximum Gasteiger partial charge on any atom is 0.410 e. The lowest BCUT2D eigenvalue weighted by Crippen LogP contribution is -2.48. The first-order valence-electron chi connectivity index (χ1n) is 9.33. The summed E-state index contributed by atoms with van der Waals surface area (Å²) in [4.78, 5) is 44.7. The van der Waals surface area contributed by atoms with Crippen molar-refractivity contribution in [1.82, 2.24) is 24.0 Å². The Balaban J connectivity index is 1.68. The zero-order chi connectivity index (χ0) is 20.2. The summed E-state index contributed by atoms with van der Waals surface area (Å²) in [6, 6.07) is -0.0393. The molecule has 2 aliphatic rings. The van der Waals surface area contributed by atoms with Gasteiger partial charge in [0.15, 0.2) is 17.4 Å². The van der Waals surface area contributed by atoms with E-state index in [4.69, 9.17) is 4.74 Å². The molecule has 1 N–H and O–H groups in total. The number of rotatable bonds is 1. The molecule has 1 amide bonds. The normalized spacial score (nSPS) is 24.4. The van der Waals surface area contributed by atoms with Crippen molar-refractivity contribution in [3.05, 3.63) is 27.2 Å². The van der Waals surface area contributed by atoms with Crippen LogP contribution in [0.15, 0.2) is 15.9 Å². The number of imidazole rings is 1. The number of nitriles is 1. The second kappa shape index (κ2) is 6.22. The van der Waals surface area contributed by atoms with Crippen molar-refractivity contribution in [1.29, 1.82) is 5.26 Å². The van der Waals surface area contributed by atoms with Crippen molar-refractivity contribution < 1.29 is 9.53 Å². The van der Waals surface area contributed by atoms with E-state index in [-0.39, 0.29) is 35.4 Å². The zero-order valence-corrected chi connectivity index (χ0v) is 16.0. The molecule has 2 atom stereocenters. The molecule has 2 unspecified atom stereocenters. The number of amides is 1. The molecule has 10 heteroatoms. The second-order valence-electron chi connectivity index (χ2n) is 8.42. The molecule has 0 aromatic carbocycles. The number of H-pyrrole nitrogens is 1. The van der Waals surface area contributed by atoms with Gasteiger partial charge in [-0.25, -0.2) is 14.6 Å². The Hall–Kier alpha value is -3.09. The van der Waals surface area contributed by atoms with E-state index >= 15 is 0 Å². The number of piperidine rings is 1. The van der Waals surface area contributed by atoms with E-state index in [1.807, 2.05) is 31.9 Å². The van der Waals surface area contributed by atoms with Crippen LogP contribution in [0.4, 0.5) is 4.79 Å². The molecule has 10 nitrogen and oxygen atoms in total. The van der Waals surface area contributed by atoms with Crippen LogP contribution in [0.2, 0.25) is 0 Å². The fourth-order valence-electron chi connectivity index (χ4n) is 4.39. The number of nitrogens with one attached hydrogen (secondary N) is 1. The number of aromatic nitrogens is 4. The van der Waals surface area contributed by atoms with Gasteiger partial charge in [-0.3, -0.25) is 9.78 Å². The van der Waals surface area contributed by atoms with Gasteiger partial charge in [-0.05, 0) is 46.5 Å². The molecule has 2 aliphatic heterocycles. The van der Waals surface area contributed by atoms with Crippen LogP contribution in [0.5, 0.6) is 0 Å². The Morgan fingerprint density at radius 1 is 1.25 bits per heavy atom. The third-order valence-electron chi connectivity index (χ3n) is 5.42. The molecule has 2 bridgehead atoms. The monoisotopic (exact) mass is 386 g/mol. The molecule has 0 aliphatic carbocycles. The Labute approximate surface area is 160 Å². The number of aromatic amines is 1. The van der Waals surface area contributed by atoms with Gasteiger partial charge in [0.1, 0.15) is 5.60 Å². The standard InChI is InChI=1S/C18H22N6O4/c1-18(2,3)28-17(27)24-10-4-5-11(24)7-12(6-10)23-9-20-13-14(25)21-16(26)22(8-19)15(13)23/h9-12H,4-7H2,1-3H3,(H,21,25,26). The summed E-state index contributed by atoms with van der Waals surface area (Å²) in [6.45, 7) is 5.53. The number of fused-ring (bicyclic) bond motifs is 3. The van der Waals surface area contributed by atoms with Crippen LogP contribution in [0.1, 0.15) is 52.5 Å². The molecule has 148 valence electrons. The quantitative estimate of drug-likeness (QED) is 0.788. The summed E-state index contributed by atoms with van der Waals surface area (Å²) >= 11 is 0. The first kappa shape index (κ1) is 18.3. The fourth-order valence-corrected chi connectivity index (χ4v) is 4.39. The molecule has 2 aromatic rings. The number of carbonyl (C=O) groups excluding carboxylic acids is 1. The Morgan fingerprint density at radius 3 is 2.46 bits per heavy atom. The van der Waals surface area contributed by atoms with E-state index < -0.39 is 16.9 Å².